The lowest BCUT2D eigenvalue weighted by Gasteiger charge is -2.34. The van der Waals surface area contributed by atoms with E-state index in [4.69, 9.17) is 8.83 Å². The minimum atomic E-state index is -0.434. The highest BCUT2D eigenvalue weighted by Crippen LogP contribution is 2.56. The number of benzene rings is 9. The molecule has 0 fully saturated rings. The molecule has 0 spiro atoms. The van der Waals surface area contributed by atoms with Gasteiger partial charge < -0.3 is 13.7 Å². The van der Waals surface area contributed by atoms with Crippen LogP contribution >= 0.6 is 0 Å². The van der Waals surface area contributed by atoms with E-state index in [-0.39, 0.29) is 0 Å². The first-order chi connectivity index (χ1) is 28.7. The predicted octanol–water partition coefficient (Wildman–Crippen LogP) is 15.0. The third kappa shape index (κ3) is 4.80. The van der Waals surface area contributed by atoms with E-state index in [0.717, 1.165) is 72.1 Å². The third-order valence-corrected chi connectivity index (χ3v) is 12.2. The van der Waals surface area contributed by atoms with Crippen molar-refractivity contribution in [2.24, 2.45) is 0 Å². The summed E-state index contributed by atoms with van der Waals surface area (Å²) in [6.45, 7) is 0. The topological polar surface area (TPSA) is 29.5 Å². The smallest absolute Gasteiger partial charge is 0.137 e. The van der Waals surface area contributed by atoms with E-state index in [1.165, 1.54) is 33.4 Å². The van der Waals surface area contributed by atoms with Gasteiger partial charge in [-0.3, -0.25) is 0 Å². The number of fused-ring (bicyclic) bond motifs is 9. The average molecular weight is 742 g/mol. The standard InChI is InChI=1S/C55H35NO2/c1-2-14-38(15-3-1)55(49-21-8-4-17-43(49)44-18-5-9-22-50(44)55)39-27-25-36(26-28-39)37-13-12-16-40(33-37)56(41-29-31-47-45-19-6-10-23-51(45)57-53(47)34-41)42-30-32-48-46-20-7-11-24-52(46)58-54(48)35-42/h1-35H. The molecule has 0 amide bonds. The van der Waals surface area contributed by atoms with E-state index in [1.54, 1.807) is 0 Å². The van der Waals surface area contributed by atoms with Crippen LogP contribution in [0.5, 0.6) is 0 Å². The van der Waals surface area contributed by atoms with Gasteiger partial charge in [-0.25, -0.2) is 0 Å². The molecule has 0 atom stereocenters. The summed E-state index contributed by atoms with van der Waals surface area (Å²) in [7, 11) is 0. The van der Waals surface area contributed by atoms with Gasteiger partial charge >= 0.3 is 0 Å². The number of anilines is 3. The Morgan fingerprint density at radius 1 is 0.310 bits per heavy atom. The molecular weight excluding hydrogens is 707 g/mol. The van der Waals surface area contributed by atoms with Crippen molar-refractivity contribution in [3.8, 4) is 22.3 Å². The largest absolute Gasteiger partial charge is 0.456 e. The van der Waals surface area contributed by atoms with Crippen molar-refractivity contribution in [2.45, 2.75) is 5.41 Å². The highest BCUT2D eigenvalue weighted by molar-refractivity contribution is 6.08. The molecule has 58 heavy (non-hydrogen) atoms. The number of hydrogen-bond acceptors (Lipinski definition) is 3. The molecule has 1 aliphatic carbocycles. The fourth-order valence-corrected chi connectivity index (χ4v) is 9.60. The summed E-state index contributed by atoms with van der Waals surface area (Å²) >= 11 is 0. The Morgan fingerprint density at radius 3 is 1.40 bits per heavy atom. The highest BCUT2D eigenvalue weighted by atomic mass is 16.3. The summed E-state index contributed by atoms with van der Waals surface area (Å²) in [5.41, 5.74) is 16.1. The lowest BCUT2D eigenvalue weighted by Crippen LogP contribution is -2.28. The zero-order chi connectivity index (χ0) is 38.2. The Morgan fingerprint density at radius 2 is 0.793 bits per heavy atom. The zero-order valence-corrected chi connectivity index (χ0v) is 31.5. The fourth-order valence-electron chi connectivity index (χ4n) is 9.60. The number of nitrogens with zero attached hydrogens (tertiary/aromatic N) is 1. The maximum absolute atomic E-state index is 6.41. The van der Waals surface area contributed by atoms with Gasteiger partial charge in [0.2, 0.25) is 0 Å². The van der Waals surface area contributed by atoms with Crippen LogP contribution in [0.25, 0.3) is 66.1 Å². The summed E-state index contributed by atoms with van der Waals surface area (Å²) < 4.78 is 12.8. The van der Waals surface area contributed by atoms with E-state index in [1.807, 2.05) is 24.3 Å². The molecule has 0 N–H and O–H groups in total. The molecule has 272 valence electrons. The van der Waals surface area contributed by atoms with Crippen LogP contribution in [0, 0.1) is 0 Å². The number of rotatable bonds is 6. The number of furan rings is 2. The maximum Gasteiger partial charge on any atom is 0.137 e. The Labute approximate surface area is 335 Å². The zero-order valence-electron chi connectivity index (χ0n) is 31.5. The first kappa shape index (κ1) is 32.6. The molecule has 0 bridgehead atoms. The molecular formula is C55H35NO2. The fraction of sp³-hybridized carbons (Fsp3) is 0.0182. The van der Waals surface area contributed by atoms with E-state index in [2.05, 4.69) is 193 Å². The Kier molecular flexibility index (Phi) is 7.14. The molecule has 1 aliphatic rings. The first-order valence-corrected chi connectivity index (χ1v) is 19.8. The third-order valence-electron chi connectivity index (χ3n) is 12.2. The molecule has 0 saturated heterocycles. The monoisotopic (exact) mass is 741 g/mol. The van der Waals surface area contributed by atoms with Crippen LogP contribution in [0.15, 0.2) is 221 Å². The second kappa shape index (κ2) is 12.7. The van der Waals surface area contributed by atoms with Crippen molar-refractivity contribution >= 4 is 60.9 Å². The van der Waals surface area contributed by atoms with E-state index in [9.17, 15) is 0 Å². The van der Waals surface area contributed by atoms with Crippen molar-refractivity contribution in [3.63, 3.8) is 0 Å². The molecule has 12 rings (SSSR count). The van der Waals surface area contributed by atoms with Gasteiger partial charge in [0.05, 0.1) is 5.41 Å². The van der Waals surface area contributed by atoms with Crippen molar-refractivity contribution < 1.29 is 8.83 Å². The van der Waals surface area contributed by atoms with E-state index >= 15 is 0 Å². The minimum absolute atomic E-state index is 0.434. The molecule has 2 aromatic heterocycles. The first-order valence-electron chi connectivity index (χ1n) is 19.8. The molecule has 11 aromatic rings. The quantitative estimate of drug-likeness (QED) is 0.170. The molecule has 0 aliphatic heterocycles. The van der Waals surface area contributed by atoms with Crippen molar-refractivity contribution in [1.29, 1.82) is 0 Å². The van der Waals surface area contributed by atoms with Gasteiger partial charge in [-0.2, -0.15) is 0 Å². The Bertz CT molecular complexity index is 3190. The van der Waals surface area contributed by atoms with Crippen LogP contribution in [-0.2, 0) is 5.41 Å². The maximum atomic E-state index is 6.41. The van der Waals surface area contributed by atoms with Crippen molar-refractivity contribution in [2.75, 3.05) is 4.90 Å². The van der Waals surface area contributed by atoms with Crippen LogP contribution in [0.2, 0.25) is 0 Å². The molecule has 9 aromatic carbocycles. The van der Waals surface area contributed by atoms with Crippen LogP contribution in [0.4, 0.5) is 17.1 Å². The molecule has 3 heteroatoms. The summed E-state index contributed by atoms with van der Waals surface area (Å²) in [6.07, 6.45) is 0. The number of hydrogen-bond donors (Lipinski definition) is 0. The van der Waals surface area contributed by atoms with Crippen LogP contribution < -0.4 is 4.90 Å². The Hall–Kier alpha value is -7.62. The molecule has 0 radical (unpaired) electrons. The highest BCUT2D eigenvalue weighted by Gasteiger charge is 2.45. The van der Waals surface area contributed by atoms with Gasteiger partial charge in [-0.05, 0) is 93.0 Å². The Balaban J connectivity index is 0.999. The minimum Gasteiger partial charge on any atom is -0.456 e. The molecule has 2 heterocycles. The second-order valence-corrected chi connectivity index (χ2v) is 15.2. The molecule has 3 nitrogen and oxygen atoms in total. The van der Waals surface area contributed by atoms with E-state index in [0.29, 0.717) is 0 Å². The van der Waals surface area contributed by atoms with Gasteiger partial charge in [0.15, 0.2) is 0 Å². The van der Waals surface area contributed by atoms with Crippen LogP contribution in [-0.4, -0.2) is 0 Å². The summed E-state index contributed by atoms with van der Waals surface area (Å²) in [4.78, 5) is 2.30. The lowest BCUT2D eigenvalue weighted by molar-refractivity contribution is 0.669. The molecule has 0 unspecified atom stereocenters. The van der Waals surface area contributed by atoms with Gasteiger partial charge in [0.1, 0.15) is 22.3 Å². The van der Waals surface area contributed by atoms with Gasteiger partial charge in [0.25, 0.3) is 0 Å². The van der Waals surface area contributed by atoms with Crippen molar-refractivity contribution in [1.82, 2.24) is 0 Å². The predicted molar refractivity (Wildman–Crippen MR) is 238 cm³/mol. The summed E-state index contributed by atoms with van der Waals surface area (Å²) in [6, 6.07) is 76.3. The van der Waals surface area contributed by atoms with Crippen LogP contribution in [0.3, 0.4) is 0 Å². The normalized spacial score (nSPS) is 13.0. The van der Waals surface area contributed by atoms with E-state index < -0.39 is 5.41 Å². The average Bonchev–Trinajstić information content (AvgIpc) is 3.95. The SMILES string of the molecule is c1ccc(C2(c3ccc(-c4cccc(N(c5ccc6c(c5)oc5ccccc56)c5ccc6c(c5)oc5ccccc56)c4)cc3)c3ccccc3-c3ccccc32)cc1. The summed E-state index contributed by atoms with van der Waals surface area (Å²) in [5, 5.41) is 4.43. The van der Waals surface area contributed by atoms with Crippen LogP contribution in [0.1, 0.15) is 22.3 Å². The molecule has 0 saturated carbocycles. The van der Waals surface area contributed by atoms with Crippen molar-refractivity contribution in [3.05, 3.63) is 235 Å². The van der Waals surface area contributed by atoms with Gasteiger partial charge in [-0.15, -0.1) is 0 Å². The second-order valence-electron chi connectivity index (χ2n) is 15.2. The number of para-hydroxylation sites is 2. The lowest BCUT2D eigenvalue weighted by atomic mass is 9.67. The van der Waals surface area contributed by atoms with Gasteiger partial charge in [0, 0.05) is 50.7 Å². The van der Waals surface area contributed by atoms with Gasteiger partial charge in [-0.1, -0.05) is 152 Å². The summed E-state index contributed by atoms with van der Waals surface area (Å²) in [5.74, 6) is 0.